The van der Waals surface area contributed by atoms with Crippen LogP contribution in [0.25, 0.3) is 0 Å². The first-order valence-corrected chi connectivity index (χ1v) is 10.1. The number of aryl methyl sites for hydroxylation is 2. The highest BCUT2D eigenvalue weighted by molar-refractivity contribution is 5.29. The SMILES string of the molecule is CN(C)CC(c1ccc(CCc2ccccc2)cc1)C1(O)CCCCC1. The van der Waals surface area contributed by atoms with Crippen molar-refractivity contribution in [2.75, 3.05) is 20.6 Å². The van der Waals surface area contributed by atoms with E-state index in [1.165, 1.54) is 23.1 Å². The van der Waals surface area contributed by atoms with Gasteiger partial charge in [0.2, 0.25) is 0 Å². The topological polar surface area (TPSA) is 23.5 Å². The zero-order valence-electron chi connectivity index (χ0n) is 16.3. The molecule has 3 rings (SSSR count). The number of hydrogen-bond donors (Lipinski definition) is 1. The molecule has 1 unspecified atom stereocenters. The minimum Gasteiger partial charge on any atom is -0.389 e. The van der Waals surface area contributed by atoms with Gasteiger partial charge in [-0.25, -0.2) is 0 Å². The molecule has 1 aliphatic rings. The maximum absolute atomic E-state index is 11.3. The number of hydrogen-bond acceptors (Lipinski definition) is 2. The average molecular weight is 352 g/mol. The van der Waals surface area contributed by atoms with E-state index in [0.29, 0.717) is 0 Å². The third-order valence-corrected chi connectivity index (χ3v) is 5.84. The van der Waals surface area contributed by atoms with Crippen LogP contribution in [0.2, 0.25) is 0 Å². The van der Waals surface area contributed by atoms with Gasteiger partial charge >= 0.3 is 0 Å². The van der Waals surface area contributed by atoms with Gasteiger partial charge in [0.05, 0.1) is 5.60 Å². The molecule has 0 heterocycles. The van der Waals surface area contributed by atoms with E-state index < -0.39 is 5.60 Å². The van der Waals surface area contributed by atoms with Gasteiger partial charge in [0.1, 0.15) is 0 Å². The molecule has 1 atom stereocenters. The lowest BCUT2D eigenvalue weighted by molar-refractivity contribution is -0.0277. The Morgan fingerprint density at radius 1 is 0.846 bits per heavy atom. The first-order chi connectivity index (χ1) is 12.6. The van der Waals surface area contributed by atoms with E-state index in [2.05, 4.69) is 73.6 Å². The molecular weight excluding hydrogens is 318 g/mol. The lowest BCUT2D eigenvalue weighted by Crippen LogP contribution is -2.42. The molecule has 0 bridgehead atoms. The molecule has 2 nitrogen and oxygen atoms in total. The third-order valence-electron chi connectivity index (χ3n) is 5.84. The number of benzene rings is 2. The van der Waals surface area contributed by atoms with Crippen molar-refractivity contribution < 1.29 is 5.11 Å². The first-order valence-electron chi connectivity index (χ1n) is 10.1. The first kappa shape index (κ1) is 19.1. The molecule has 0 amide bonds. The smallest absolute Gasteiger partial charge is 0.0728 e. The summed E-state index contributed by atoms with van der Waals surface area (Å²) in [4.78, 5) is 2.21. The molecule has 2 aromatic rings. The Labute approximate surface area is 158 Å². The fraction of sp³-hybridized carbons (Fsp3) is 0.500. The molecule has 2 heteroatoms. The Balaban J connectivity index is 1.71. The maximum Gasteiger partial charge on any atom is 0.0728 e. The van der Waals surface area contributed by atoms with Crippen LogP contribution in [0.5, 0.6) is 0 Å². The van der Waals surface area contributed by atoms with E-state index in [-0.39, 0.29) is 5.92 Å². The predicted molar refractivity (Wildman–Crippen MR) is 110 cm³/mol. The van der Waals surface area contributed by atoms with Crippen LogP contribution in [0, 0.1) is 0 Å². The summed E-state index contributed by atoms with van der Waals surface area (Å²) in [5.74, 6) is 0.195. The van der Waals surface area contributed by atoms with Crippen LogP contribution in [0.1, 0.15) is 54.7 Å². The normalized spacial score (nSPS) is 18.0. The van der Waals surface area contributed by atoms with E-state index in [1.54, 1.807) is 0 Å². The van der Waals surface area contributed by atoms with Gasteiger partial charge in [0, 0.05) is 12.5 Å². The van der Waals surface area contributed by atoms with Gasteiger partial charge in [-0.05, 0) is 56.5 Å². The summed E-state index contributed by atoms with van der Waals surface area (Å²) in [7, 11) is 4.21. The quantitative estimate of drug-likeness (QED) is 0.773. The zero-order chi connectivity index (χ0) is 18.4. The van der Waals surface area contributed by atoms with E-state index in [4.69, 9.17) is 0 Å². The van der Waals surface area contributed by atoms with Crippen molar-refractivity contribution in [1.29, 1.82) is 0 Å². The molecule has 1 saturated carbocycles. The summed E-state index contributed by atoms with van der Waals surface area (Å²) in [5, 5.41) is 11.3. The van der Waals surface area contributed by atoms with Crippen molar-refractivity contribution in [2.45, 2.75) is 56.5 Å². The molecule has 140 valence electrons. The number of aliphatic hydroxyl groups is 1. The van der Waals surface area contributed by atoms with Gasteiger partial charge in [-0.15, -0.1) is 0 Å². The lowest BCUT2D eigenvalue weighted by atomic mass is 9.72. The Hall–Kier alpha value is -1.64. The molecule has 0 radical (unpaired) electrons. The van der Waals surface area contributed by atoms with Gasteiger partial charge in [0.15, 0.2) is 0 Å². The monoisotopic (exact) mass is 351 g/mol. The second-order valence-corrected chi connectivity index (χ2v) is 8.21. The molecular formula is C24H33NO. The summed E-state index contributed by atoms with van der Waals surface area (Å²) in [6, 6.07) is 19.7. The molecule has 2 aromatic carbocycles. The highest BCUT2D eigenvalue weighted by Crippen LogP contribution is 2.40. The van der Waals surface area contributed by atoms with Crippen molar-refractivity contribution in [2.24, 2.45) is 0 Å². The molecule has 0 spiro atoms. The summed E-state index contributed by atoms with van der Waals surface area (Å²) in [6.07, 6.45) is 7.56. The van der Waals surface area contributed by atoms with Crippen molar-refractivity contribution in [3.63, 3.8) is 0 Å². The van der Waals surface area contributed by atoms with Crippen molar-refractivity contribution in [3.05, 3.63) is 71.3 Å². The van der Waals surface area contributed by atoms with Gasteiger partial charge in [0.25, 0.3) is 0 Å². The Bertz CT molecular complexity index is 656. The number of likely N-dealkylation sites (N-methyl/N-ethyl adjacent to an activating group) is 1. The third kappa shape index (κ3) is 4.96. The molecule has 26 heavy (non-hydrogen) atoms. The lowest BCUT2D eigenvalue weighted by Gasteiger charge is -2.41. The second kappa shape index (κ2) is 8.83. The Kier molecular flexibility index (Phi) is 6.50. The zero-order valence-corrected chi connectivity index (χ0v) is 16.3. The largest absolute Gasteiger partial charge is 0.389 e. The maximum atomic E-state index is 11.3. The van der Waals surface area contributed by atoms with Crippen LogP contribution in [0.4, 0.5) is 0 Å². The predicted octanol–water partition coefficient (Wildman–Crippen LogP) is 4.81. The molecule has 0 aliphatic heterocycles. The van der Waals surface area contributed by atoms with Gasteiger partial charge < -0.3 is 10.0 Å². The average Bonchev–Trinajstić information content (AvgIpc) is 2.66. The molecule has 1 fully saturated rings. The minimum absolute atomic E-state index is 0.195. The summed E-state index contributed by atoms with van der Waals surface area (Å²) in [5.41, 5.74) is 3.50. The molecule has 0 aromatic heterocycles. The van der Waals surface area contributed by atoms with E-state index in [1.807, 2.05) is 0 Å². The Morgan fingerprint density at radius 3 is 2.00 bits per heavy atom. The fourth-order valence-electron chi connectivity index (χ4n) is 4.31. The van der Waals surface area contributed by atoms with Crippen molar-refractivity contribution in [1.82, 2.24) is 4.90 Å². The van der Waals surface area contributed by atoms with Crippen LogP contribution in [0.15, 0.2) is 54.6 Å². The second-order valence-electron chi connectivity index (χ2n) is 8.21. The van der Waals surface area contributed by atoms with Crippen LogP contribution in [-0.2, 0) is 12.8 Å². The van der Waals surface area contributed by atoms with Crippen LogP contribution >= 0.6 is 0 Å². The van der Waals surface area contributed by atoms with Gasteiger partial charge in [-0.1, -0.05) is 73.9 Å². The van der Waals surface area contributed by atoms with E-state index >= 15 is 0 Å². The summed E-state index contributed by atoms with van der Waals surface area (Å²) < 4.78 is 0. The Morgan fingerprint density at radius 2 is 1.42 bits per heavy atom. The fourth-order valence-corrected chi connectivity index (χ4v) is 4.31. The van der Waals surface area contributed by atoms with Crippen molar-refractivity contribution >= 4 is 0 Å². The van der Waals surface area contributed by atoms with Crippen LogP contribution < -0.4 is 0 Å². The molecule has 0 saturated heterocycles. The molecule has 1 aliphatic carbocycles. The molecule has 1 N–H and O–H groups in total. The van der Waals surface area contributed by atoms with E-state index in [9.17, 15) is 5.11 Å². The summed E-state index contributed by atoms with van der Waals surface area (Å²) in [6.45, 7) is 0.903. The van der Waals surface area contributed by atoms with Crippen LogP contribution in [-0.4, -0.2) is 36.2 Å². The number of rotatable bonds is 7. The van der Waals surface area contributed by atoms with E-state index in [0.717, 1.165) is 45.1 Å². The standard InChI is InChI=1S/C24H33NO/c1-25(2)19-23(24(26)17-7-4-8-18-24)22-15-13-21(14-16-22)12-11-20-9-5-3-6-10-20/h3,5-6,9-10,13-16,23,26H,4,7-8,11-12,17-19H2,1-2H3. The van der Waals surface area contributed by atoms with Crippen molar-refractivity contribution in [3.8, 4) is 0 Å². The summed E-state index contributed by atoms with van der Waals surface area (Å²) >= 11 is 0. The highest BCUT2D eigenvalue weighted by atomic mass is 16.3. The highest BCUT2D eigenvalue weighted by Gasteiger charge is 2.38. The minimum atomic E-state index is -0.548. The van der Waals surface area contributed by atoms with Gasteiger partial charge in [-0.3, -0.25) is 0 Å². The number of nitrogens with zero attached hydrogens (tertiary/aromatic N) is 1. The van der Waals surface area contributed by atoms with Crippen LogP contribution in [0.3, 0.4) is 0 Å². The van der Waals surface area contributed by atoms with Gasteiger partial charge in [-0.2, -0.15) is 0 Å².